The Morgan fingerprint density at radius 2 is 1.77 bits per heavy atom. The molecule has 4 N–H and O–H groups in total. The predicted octanol–water partition coefficient (Wildman–Crippen LogP) is 6.79. The van der Waals surface area contributed by atoms with Crippen LogP contribution in [-0.4, -0.2) is 29.3 Å². The first-order chi connectivity index (χ1) is 16.9. The van der Waals surface area contributed by atoms with Gasteiger partial charge in [-0.25, -0.2) is 9.98 Å². The van der Waals surface area contributed by atoms with Gasteiger partial charge in [0.05, 0.1) is 5.84 Å². The molecular weight excluding hydrogens is 438 g/mol. The van der Waals surface area contributed by atoms with Crippen LogP contribution in [0, 0.1) is 17.4 Å². The predicted molar refractivity (Wildman–Crippen MR) is 148 cm³/mol. The molecule has 2 aromatic rings. The number of nitriles is 1. The van der Waals surface area contributed by atoms with Gasteiger partial charge < -0.3 is 21.0 Å². The molecule has 0 aliphatic heterocycles. The van der Waals surface area contributed by atoms with Crippen molar-refractivity contribution in [2.75, 3.05) is 12.4 Å². The van der Waals surface area contributed by atoms with Gasteiger partial charge in [0.15, 0.2) is 5.82 Å². The topological polar surface area (TPSA) is 124 Å². The molecule has 0 saturated heterocycles. The SMILES string of the molecule is C/C=C(\C=C/CC)C(C=O)CC.CC.CNc1ccc(-c2ccc(N=C(C)N)nc2)cc1.N#CO. The summed E-state index contributed by atoms with van der Waals surface area (Å²) in [5, 5.41) is 16.8. The number of aldehydes is 1. The highest BCUT2D eigenvalue weighted by atomic mass is 16.2. The van der Waals surface area contributed by atoms with Crippen molar-refractivity contribution >= 4 is 23.6 Å². The quantitative estimate of drug-likeness (QED) is 0.126. The fourth-order valence-corrected chi connectivity index (χ4v) is 2.73. The van der Waals surface area contributed by atoms with E-state index >= 15 is 0 Å². The van der Waals surface area contributed by atoms with Crippen LogP contribution in [-0.2, 0) is 4.79 Å². The Kier molecular flexibility index (Phi) is 20.8. The summed E-state index contributed by atoms with van der Waals surface area (Å²) in [6.45, 7) is 11.8. The van der Waals surface area contributed by atoms with Gasteiger partial charge in [-0.2, -0.15) is 5.26 Å². The minimum Gasteiger partial charge on any atom is -0.443 e. The first kappa shape index (κ1) is 33.3. The highest BCUT2D eigenvalue weighted by Crippen LogP contribution is 2.22. The Hall–Kier alpha value is -3.92. The van der Waals surface area contributed by atoms with E-state index < -0.39 is 0 Å². The van der Waals surface area contributed by atoms with Crippen LogP contribution in [0.5, 0.6) is 0 Å². The van der Waals surface area contributed by atoms with Crippen molar-refractivity contribution in [1.82, 2.24) is 4.98 Å². The van der Waals surface area contributed by atoms with Crippen LogP contribution in [0.15, 0.2) is 71.4 Å². The molecule has 0 spiro atoms. The normalized spacial score (nSPS) is 11.4. The number of anilines is 1. The second-order valence-corrected chi connectivity index (χ2v) is 6.84. The zero-order valence-corrected chi connectivity index (χ0v) is 22.1. The lowest BCUT2D eigenvalue weighted by Gasteiger charge is -2.07. The molecule has 0 aliphatic carbocycles. The molecule has 190 valence electrons. The van der Waals surface area contributed by atoms with Crippen molar-refractivity contribution < 1.29 is 9.90 Å². The Bertz CT molecular complexity index is 934. The molecule has 2 rings (SSSR count). The lowest BCUT2D eigenvalue weighted by molar-refractivity contribution is -0.110. The number of hydrogen-bond acceptors (Lipinski definition) is 6. The number of aromatic nitrogens is 1. The van der Waals surface area contributed by atoms with Crippen LogP contribution in [0.3, 0.4) is 0 Å². The van der Waals surface area contributed by atoms with E-state index in [1.54, 1.807) is 13.1 Å². The largest absolute Gasteiger partial charge is 0.443 e. The molecule has 7 heteroatoms. The molecule has 1 heterocycles. The third-order valence-electron chi connectivity index (χ3n) is 4.46. The molecule has 0 fully saturated rings. The molecular formula is C28H41N5O2. The molecule has 1 aromatic carbocycles. The molecule has 1 atom stereocenters. The van der Waals surface area contributed by atoms with E-state index in [1.165, 1.54) is 0 Å². The summed E-state index contributed by atoms with van der Waals surface area (Å²) in [6, 6.07) is 12.0. The van der Waals surface area contributed by atoms with Gasteiger partial charge in [0.2, 0.25) is 0 Å². The number of nitrogens with zero attached hydrogens (tertiary/aromatic N) is 3. The van der Waals surface area contributed by atoms with Gasteiger partial charge in [-0.1, -0.05) is 58.1 Å². The molecule has 1 aromatic heterocycles. The summed E-state index contributed by atoms with van der Waals surface area (Å²) in [5.41, 5.74) is 9.92. The van der Waals surface area contributed by atoms with Gasteiger partial charge in [-0.05, 0) is 62.1 Å². The van der Waals surface area contributed by atoms with Crippen LogP contribution in [0.2, 0.25) is 0 Å². The van der Waals surface area contributed by atoms with Crippen molar-refractivity contribution in [1.29, 1.82) is 5.26 Å². The second-order valence-electron chi connectivity index (χ2n) is 6.84. The summed E-state index contributed by atoms with van der Waals surface area (Å²) < 4.78 is 0. The number of carbonyl (C=O) groups excluding carboxylic acids is 1. The number of aliphatic hydroxyl groups is 1. The van der Waals surface area contributed by atoms with E-state index in [2.05, 4.69) is 40.4 Å². The summed E-state index contributed by atoms with van der Waals surface area (Å²) in [5.74, 6) is 1.22. The summed E-state index contributed by atoms with van der Waals surface area (Å²) in [6.07, 6.45) is 11.6. The monoisotopic (exact) mass is 479 g/mol. The lowest BCUT2D eigenvalue weighted by Crippen LogP contribution is -2.04. The standard InChI is InChI=1S/C14H16N4.C11H18O.C2H6.CHNO/c1-10(15)18-14-8-5-12(9-17-14)11-3-6-13(16-2)7-4-11;1-4-7-8-10(5-2)11(6-3)9-12;1-2;2-1-3/h3-9,16H,1-2H3,(H2,15,17,18);5,7-9,11H,4,6H2,1-3H3;1-2H3;3H/b;8-7-,10-5+;;. The summed E-state index contributed by atoms with van der Waals surface area (Å²) >= 11 is 0. The number of benzene rings is 1. The van der Waals surface area contributed by atoms with Gasteiger partial charge in [-0.3, -0.25) is 0 Å². The second kappa shape index (κ2) is 21.9. The number of aliphatic imine (C=N–C) groups is 1. The van der Waals surface area contributed by atoms with Crippen molar-refractivity contribution in [2.45, 2.75) is 54.4 Å². The van der Waals surface area contributed by atoms with Crippen LogP contribution in [0.25, 0.3) is 11.1 Å². The van der Waals surface area contributed by atoms with E-state index in [9.17, 15) is 4.79 Å². The summed E-state index contributed by atoms with van der Waals surface area (Å²) in [7, 11) is 1.90. The number of rotatable bonds is 8. The number of allylic oxidation sites excluding steroid dienone is 4. The molecule has 35 heavy (non-hydrogen) atoms. The number of amidine groups is 1. The Balaban J connectivity index is 0. The van der Waals surface area contributed by atoms with E-state index in [0.717, 1.165) is 47.8 Å². The maximum Gasteiger partial charge on any atom is 0.283 e. The molecule has 1 unspecified atom stereocenters. The van der Waals surface area contributed by atoms with Crippen LogP contribution in [0.1, 0.15) is 54.4 Å². The molecule has 0 radical (unpaired) electrons. The number of nitrogens with two attached hydrogens (primary N) is 1. The van der Waals surface area contributed by atoms with Crippen molar-refractivity contribution in [2.24, 2.45) is 16.6 Å². The van der Waals surface area contributed by atoms with Gasteiger partial charge in [0.25, 0.3) is 6.26 Å². The number of pyridine rings is 1. The number of hydrogen-bond donors (Lipinski definition) is 3. The fraction of sp³-hybridized carbons (Fsp3) is 0.357. The Morgan fingerprint density at radius 3 is 2.14 bits per heavy atom. The maximum atomic E-state index is 10.6. The van der Waals surface area contributed by atoms with Crippen LogP contribution in [0.4, 0.5) is 11.5 Å². The molecule has 7 nitrogen and oxygen atoms in total. The minimum atomic E-state index is 0.0813. The Morgan fingerprint density at radius 1 is 1.20 bits per heavy atom. The maximum absolute atomic E-state index is 10.6. The number of carbonyl (C=O) groups is 1. The van der Waals surface area contributed by atoms with Gasteiger partial charge in [0, 0.05) is 30.4 Å². The van der Waals surface area contributed by atoms with Crippen LogP contribution >= 0.6 is 0 Å². The number of aliphatic hydroxyl groups excluding tert-OH is 1. The molecule has 0 bridgehead atoms. The third-order valence-corrected chi connectivity index (χ3v) is 4.46. The number of nitrogens with one attached hydrogen (secondary N) is 1. The third kappa shape index (κ3) is 14.8. The highest BCUT2D eigenvalue weighted by molar-refractivity contribution is 5.80. The zero-order valence-electron chi connectivity index (χ0n) is 22.1. The lowest BCUT2D eigenvalue weighted by atomic mass is 9.97. The molecule has 0 saturated carbocycles. The van der Waals surface area contributed by atoms with E-state index in [-0.39, 0.29) is 5.92 Å². The van der Waals surface area contributed by atoms with Crippen LogP contribution < -0.4 is 11.1 Å². The van der Waals surface area contributed by atoms with Crippen molar-refractivity contribution in [3.05, 3.63) is 66.4 Å². The van der Waals surface area contributed by atoms with E-state index in [1.807, 2.05) is 71.2 Å². The van der Waals surface area contributed by atoms with Gasteiger partial charge in [0.1, 0.15) is 6.29 Å². The molecule has 0 amide bonds. The van der Waals surface area contributed by atoms with Gasteiger partial charge in [-0.15, -0.1) is 0 Å². The first-order valence-electron chi connectivity index (χ1n) is 11.8. The first-order valence-corrected chi connectivity index (χ1v) is 11.8. The van der Waals surface area contributed by atoms with Crippen molar-refractivity contribution in [3.63, 3.8) is 0 Å². The van der Waals surface area contributed by atoms with Crippen molar-refractivity contribution in [3.8, 4) is 17.4 Å². The van der Waals surface area contributed by atoms with E-state index in [0.29, 0.717) is 11.7 Å². The highest BCUT2D eigenvalue weighted by Gasteiger charge is 2.06. The summed E-state index contributed by atoms with van der Waals surface area (Å²) in [4.78, 5) is 19.0. The Labute approximate surface area is 211 Å². The van der Waals surface area contributed by atoms with E-state index in [4.69, 9.17) is 16.1 Å². The zero-order chi connectivity index (χ0) is 27.1. The average Bonchev–Trinajstić information content (AvgIpc) is 2.89. The van der Waals surface area contributed by atoms with Gasteiger partial charge >= 0.3 is 0 Å². The minimum absolute atomic E-state index is 0.0813. The smallest absolute Gasteiger partial charge is 0.283 e. The molecule has 0 aliphatic rings. The fourth-order valence-electron chi connectivity index (χ4n) is 2.73. The average molecular weight is 480 g/mol.